The Morgan fingerprint density at radius 3 is 1.10 bits per heavy atom. The third kappa shape index (κ3) is 38.1. The number of esters is 3. The fraction of sp³-hybridized carbons (Fsp3) is 0.935. The van der Waals surface area contributed by atoms with E-state index >= 15 is 0 Å². The topological polar surface area (TPSA) is 78.9 Å². The molecule has 0 aliphatic carbocycles. The molecular formula is C46H88O6. The molecular weight excluding hydrogens is 649 g/mol. The monoisotopic (exact) mass is 737 g/mol. The largest absolute Gasteiger partial charge is 0.462 e. The molecule has 52 heavy (non-hydrogen) atoms. The lowest BCUT2D eigenvalue weighted by Crippen LogP contribution is -2.30. The first-order valence-electron chi connectivity index (χ1n) is 22.8. The maximum Gasteiger partial charge on any atom is 0.306 e. The van der Waals surface area contributed by atoms with Gasteiger partial charge in [-0.3, -0.25) is 14.4 Å². The molecule has 0 N–H and O–H groups in total. The Labute approximate surface area is 323 Å². The SMILES string of the molecule is CCCCCCCCCCCC(=O)O[C@@H](COC(=O)CCCCCCCCCCCCC(C)CC)COC(=O)CCCCCCCCCCC(C)C. The summed E-state index contributed by atoms with van der Waals surface area (Å²) in [6.07, 6.45) is 36.6. The van der Waals surface area contributed by atoms with Gasteiger partial charge in [-0.25, -0.2) is 0 Å². The predicted octanol–water partition coefficient (Wildman–Crippen LogP) is 14.2. The fourth-order valence-corrected chi connectivity index (χ4v) is 6.72. The Morgan fingerprint density at radius 1 is 0.404 bits per heavy atom. The molecule has 0 bridgehead atoms. The Morgan fingerprint density at radius 2 is 0.731 bits per heavy atom. The molecule has 6 heteroatoms. The first-order valence-corrected chi connectivity index (χ1v) is 22.8. The molecule has 1 unspecified atom stereocenters. The quantitative estimate of drug-likeness (QED) is 0.0354. The van der Waals surface area contributed by atoms with Crippen molar-refractivity contribution in [1.82, 2.24) is 0 Å². The lowest BCUT2D eigenvalue weighted by atomic mass is 9.99. The van der Waals surface area contributed by atoms with Crippen molar-refractivity contribution in [2.24, 2.45) is 11.8 Å². The minimum Gasteiger partial charge on any atom is -0.462 e. The average Bonchev–Trinajstić information content (AvgIpc) is 3.12. The molecule has 0 fully saturated rings. The van der Waals surface area contributed by atoms with Gasteiger partial charge >= 0.3 is 17.9 Å². The third-order valence-electron chi connectivity index (χ3n) is 10.6. The van der Waals surface area contributed by atoms with Crippen LogP contribution in [-0.4, -0.2) is 37.2 Å². The van der Waals surface area contributed by atoms with Crippen LogP contribution in [0.2, 0.25) is 0 Å². The van der Waals surface area contributed by atoms with Crippen molar-refractivity contribution in [2.45, 2.75) is 253 Å². The van der Waals surface area contributed by atoms with Crippen LogP contribution in [0.25, 0.3) is 0 Å². The summed E-state index contributed by atoms with van der Waals surface area (Å²) in [7, 11) is 0. The number of hydrogen-bond donors (Lipinski definition) is 0. The highest BCUT2D eigenvalue weighted by Gasteiger charge is 2.19. The fourth-order valence-electron chi connectivity index (χ4n) is 6.72. The van der Waals surface area contributed by atoms with Gasteiger partial charge in [0, 0.05) is 19.3 Å². The van der Waals surface area contributed by atoms with Gasteiger partial charge in [-0.05, 0) is 31.1 Å². The Kier molecular flexibility index (Phi) is 37.9. The number of unbranched alkanes of at least 4 members (excludes halogenated alkanes) is 24. The minimum atomic E-state index is -0.760. The van der Waals surface area contributed by atoms with Gasteiger partial charge in [-0.2, -0.15) is 0 Å². The highest BCUT2D eigenvalue weighted by Crippen LogP contribution is 2.17. The van der Waals surface area contributed by atoms with Crippen molar-refractivity contribution >= 4 is 17.9 Å². The van der Waals surface area contributed by atoms with E-state index in [9.17, 15) is 14.4 Å². The van der Waals surface area contributed by atoms with Crippen LogP contribution in [0.3, 0.4) is 0 Å². The summed E-state index contributed by atoms with van der Waals surface area (Å²) >= 11 is 0. The zero-order valence-corrected chi connectivity index (χ0v) is 35.4. The predicted molar refractivity (Wildman–Crippen MR) is 220 cm³/mol. The molecule has 0 aromatic heterocycles. The molecule has 0 aliphatic heterocycles. The lowest BCUT2D eigenvalue weighted by molar-refractivity contribution is -0.167. The normalized spacial score (nSPS) is 12.6. The van der Waals surface area contributed by atoms with Gasteiger partial charge in [0.25, 0.3) is 0 Å². The van der Waals surface area contributed by atoms with Crippen LogP contribution in [0.4, 0.5) is 0 Å². The molecule has 0 saturated heterocycles. The Bertz CT molecular complexity index is 796. The average molecular weight is 737 g/mol. The molecule has 0 rings (SSSR count). The van der Waals surface area contributed by atoms with E-state index in [1.807, 2.05) is 0 Å². The van der Waals surface area contributed by atoms with Gasteiger partial charge in [-0.15, -0.1) is 0 Å². The molecule has 308 valence electrons. The molecule has 2 atom stereocenters. The zero-order chi connectivity index (χ0) is 38.3. The summed E-state index contributed by atoms with van der Waals surface area (Å²) in [4.78, 5) is 37.6. The van der Waals surface area contributed by atoms with Crippen LogP contribution in [0.15, 0.2) is 0 Å². The van der Waals surface area contributed by atoms with Gasteiger partial charge in [0.15, 0.2) is 6.10 Å². The van der Waals surface area contributed by atoms with E-state index in [0.717, 1.165) is 69.6 Å². The first kappa shape index (κ1) is 50.4. The van der Waals surface area contributed by atoms with E-state index in [1.165, 1.54) is 135 Å². The van der Waals surface area contributed by atoms with Crippen molar-refractivity contribution in [3.05, 3.63) is 0 Å². The molecule has 0 heterocycles. The standard InChI is InChI=1S/C46H88O6/c1-6-8-9-10-11-14-23-28-33-38-46(49)52-43(40-51-45(48)37-32-27-22-18-17-19-24-29-34-41(3)4)39-50-44(47)36-31-26-21-16-13-12-15-20-25-30-35-42(5)7-2/h41-43H,6-40H2,1-5H3/t42?,43-/m0/s1. The van der Waals surface area contributed by atoms with Crippen LogP contribution >= 0.6 is 0 Å². The van der Waals surface area contributed by atoms with Gasteiger partial charge in [-0.1, -0.05) is 208 Å². The summed E-state index contributed by atoms with van der Waals surface area (Å²) in [5, 5.41) is 0. The molecule has 0 saturated carbocycles. The molecule has 0 spiro atoms. The van der Waals surface area contributed by atoms with E-state index < -0.39 is 6.10 Å². The van der Waals surface area contributed by atoms with Crippen molar-refractivity contribution in [1.29, 1.82) is 0 Å². The van der Waals surface area contributed by atoms with Crippen molar-refractivity contribution in [2.75, 3.05) is 13.2 Å². The van der Waals surface area contributed by atoms with Gasteiger partial charge in [0.2, 0.25) is 0 Å². The molecule has 0 radical (unpaired) electrons. The van der Waals surface area contributed by atoms with Crippen LogP contribution in [0.1, 0.15) is 247 Å². The molecule has 0 aromatic carbocycles. The van der Waals surface area contributed by atoms with E-state index in [1.54, 1.807) is 0 Å². The van der Waals surface area contributed by atoms with Crippen LogP contribution < -0.4 is 0 Å². The smallest absolute Gasteiger partial charge is 0.306 e. The van der Waals surface area contributed by atoms with E-state index in [-0.39, 0.29) is 31.1 Å². The summed E-state index contributed by atoms with van der Waals surface area (Å²) < 4.78 is 16.7. The lowest BCUT2D eigenvalue weighted by Gasteiger charge is -2.18. The van der Waals surface area contributed by atoms with Crippen molar-refractivity contribution in [3.8, 4) is 0 Å². The number of rotatable bonds is 40. The van der Waals surface area contributed by atoms with E-state index in [2.05, 4.69) is 34.6 Å². The minimum absolute atomic E-state index is 0.0653. The molecule has 0 aliphatic rings. The summed E-state index contributed by atoms with van der Waals surface area (Å²) in [6.45, 7) is 11.3. The van der Waals surface area contributed by atoms with Crippen molar-refractivity contribution in [3.63, 3.8) is 0 Å². The van der Waals surface area contributed by atoms with Gasteiger partial charge in [0.1, 0.15) is 13.2 Å². The van der Waals surface area contributed by atoms with Crippen molar-refractivity contribution < 1.29 is 28.6 Å². The number of carbonyl (C=O) groups is 3. The highest BCUT2D eigenvalue weighted by molar-refractivity contribution is 5.71. The van der Waals surface area contributed by atoms with Crippen LogP contribution in [-0.2, 0) is 28.6 Å². The molecule has 0 amide bonds. The summed E-state index contributed by atoms with van der Waals surface area (Å²) in [6, 6.07) is 0. The summed E-state index contributed by atoms with van der Waals surface area (Å²) in [5.41, 5.74) is 0. The van der Waals surface area contributed by atoms with E-state index in [4.69, 9.17) is 14.2 Å². The van der Waals surface area contributed by atoms with Crippen LogP contribution in [0, 0.1) is 11.8 Å². The second-order valence-electron chi connectivity index (χ2n) is 16.4. The molecule has 6 nitrogen and oxygen atoms in total. The maximum atomic E-state index is 12.7. The van der Waals surface area contributed by atoms with E-state index in [0.29, 0.717) is 19.3 Å². The second kappa shape index (κ2) is 39.1. The highest BCUT2D eigenvalue weighted by atomic mass is 16.6. The number of hydrogen-bond acceptors (Lipinski definition) is 6. The summed E-state index contributed by atoms with van der Waals surface area (Å²) in [5.74, 6) is 0.805. The zero-order valence-electron chi connectivity index (χ0n) is 35.4. The second-order valence-corrected chi connectivity index (χ2v) is 16.4. The Balaban J connectivity index is 4.31. The third-order valence-corrected chi connectivity index (χ3v) is 10.6. The number of ether oxygens (including phenoxy) is 3. The van der Waals surface area contributed by atoms with Gasteiger partial charge < -0.3 is 14.2 Å². The van der Waals surface area contributed by atoms with Gasteiger partial charge in [0.05, 0.1) is 0 Å². The Hall–Kier alpha value is -1.59. The number of carbonyl (C=O) groups excluding carboxylic acids is 3. The molecule has 0 aromatic rings. The first-order chi connectivity index (χ1) is 25.3. The van der Waals surface area contributed by atoms with Crippen LogP contribution in [0.5, 0.6) is 0 Å². The maximum absolute atomic E-state index is 12.7.